The number of rotatable bonds is 6. The van der Waals surface area contributed by atoms with E-state index in [1.165, 1.54) is 18.9 Å². The van der Waals surface area contributed by atoms with Gasteiger partial charge in [0.2, 0.25) is 0 Å². The fourth-order valence-corrected chi connectivity index (χ4v) is 4.08. The third-order valence-corrected chi connectivity index (χ3v) is 5.82. The van der Waals surface area contributed by atoms with Crippen molar-refractivity contribution in [2.24, 2.45) is 4.99 Å². The smallest absolute Gasteiger partial charge is 0.193 e. The Balaban J connectivity index is 1.38. The quantitative estimate of drug-likeness (QED) is 0.573. The minimum atomic E-state index is -0.260. The molecule has 2 aliphatic rings. The van der Waals surface area contributed by atoms with Crippen LogP contribution in [-0.4, -0.2) is 63.0 Å². The van der Waals surface area contributed by atoms with E-state index in [-0.39, 0.29) is 18.0 Å². The SMILES string of the molecule is CN=C(NCCc1c(F)cccc1Cl)N1CCC(OCC2CCCCO2)CC1. The van der Waals surface area contributed by atoms with Crippen molar-refractivity contribution >= 4 is 17.6 Å². The second-order valence-electron chi connectivity index (χ2n) is 7.43. The van der Waals surface area contributed by atoms with Crippen LogP contribution >= 0.6 is 11.6 Å². The van der Waals surface area contributed by atoms with Crippen LogP contribution in [0.1, 0.15) is 37.7 Å². The molecule has 0 spiro atoms. The molecule has 2 aliphatic heterocycles. The Morgan fingerprint density at radius 3 is 2.82 bits per heavy atom. The van der Waals surface area contributed by atoms with E-state index in [0.29, 0.717) is 30.2 Å². The first-order chi connectivity index (χ1) is 13.7. The van der Waals surface area contributed by atoms with Gasteiger partial charge in [-0.1, -0.05) is 17.7 Å². The van der Waals surface area contributed by atoms with Gasteiger partial charge in [0.15, 0.2) is 5.96 Å². The van der Waals surface area contributed by atoms with Crippen LogP contribution in [-0.2, 0) is 15.9 Å². The third kappa shape index (κ3) is 6.06. The number of nitrogens with zero attached hydrogens (tertiary/aromatic N) is 2. The van der Waals surface area contributed by atoms with E-state index >= 15 is 0 Å². The Kier molecular flexibility index (Phi) is 8.37. The zero-order valence-electron chi connectivity index (χ0n) is 16.6. The average molecular weight is 412 g/mol. The number of benzene rings is 1. The summed E-state index contributed by atoms with van der Waals surface area (Å²) < 4.78 is 25.7. The molecule has 0 aromatic heterocycles. The maximum absolute atomic E-state index is 13.9. The third-order valence-electron chi connectivity index (χ3n) is 5.46. The maximum atomic E-state index is 13.9. The normalized spacial score (nSPS) is 21.8. The van der Waals surface area contributed by atoms with Gasteiger partial charge in [-0.3, -0.25) is 4.99 Å². The van der Waals surface area contributed by atoms with Crippen LogP contribution in [0.15, 0.2) is 23.2 Å². The van der Waals surface area contributed by atoms with Gasteiger partial charge in [0.05, 0.1) is 18.8 Å². The number of ether oxygens (including phenoxy) is 2. The van der Waals surface area contributed by atoms with Gasteiger partial charge < -0.3 is 19.7 Å². The summed E-state index contributed by atoms with van der Waals surface area (Å²) in [5.74, 6) is 0.589. The fraction of sp³-hybridized carbons (Fsp3) is 0.667. The van der Waals surface area contributed by atoms with E-state index in [4.69, 9.17) is 21.1 Å². The summed E-state index contributed by atoms with van der Waals surface area (Å²) in [6.07, 6.45) is 6.56. The highest BCUT2D eigenvalue weighted by atomic mass is 35.5. The van der Waals surface area contributed by atoms with Crippen LogP contribution in [0.25, 0.3) is 0 Å². The topological polar surface area (TPSA) is 46.1 Å². The molecule has 1 atom stereocenters. The van der Waals surface area contributed by atoms with Crippen molar-refractivity contribution in [2.45, 2.75) is 50.7 Å². The monoisotopic (exact) mass is 411 g/mol. The number of likely N-dealkylation sites (tertiary alicyclic amines) is 1. The summed E-state index contributed by atoms with van der Waals surface area (Å²) in [4.78, 5) is 6.61. The number of aliphatic imine (C=N–C) groups is 1. The molecule has 5 nitrogen and oxygen atoms in total. The Morgan fingerprint density at radius 2 is 2.14 bits per heavy atom. The van der Waals surface area contributed by atoms with E-state index in [2.05, 4.69) is 15.2 Å². The summed E-state index contributed by atoms with van der Waals surface area (Å²) in [6.45, 7) is 3.96. The molecular weight excluding hydrogens is 381 g/mol. The molecule has 2 heterocycles. The zero-order valence-corrected chi connectivity index (χ0v) is 17.4. The molecule has 0 aliphatic carbocycles. The lowest BCUT2D eigenvalue weighted by Gasteiger charge is -2.35. The molecule has 1 aromatic carbocycles. The lowest BCUT2D eigenvalue weighted by molar-refractivity contribution is -0.0721. The first-order valence-corrected chi connectivity index (χ1v) is 10.7. The minimum Gasteiger partial charge on any atom is -0.376 e. The zero-order chi connectivity index (χ0) is 19.8. The number of hydrogen-bond donors (Lipinski definition) is 1. The fourth-order valence-electron chi connectivity index (χ4n) is 3.82. The van der Waals surface area contributed by atoms with E-state index in [1.54, 1.807) is 19.2 Å². The molecule has 1 unspecified atom stereocenters. The predicted octanol–water partition coefficient (Wildman–Crippen LogP) is 3.65. The van der Waals surface area contributed by atoms with Crippen LogP contribution in [0.4, 0.5) is 4.39 Å². The van der Waals surface area contributed by atoms with E-state index in [9.17, 15) is 4.39 Å². The van der Waals surface area contributed by atoms with Gasteiger partial charge in [-0.25, -0.2) is 4.39 Å². The minimum absolute atomic E-state index is 0.260. The van der Waals surface area contributed by atoms with Gasteiger partial charge in [-0.15, -0.1) is 0 Å². The first-order valence-electron chi connectivity index (χ1n) is 10.3. The average Bonchev–Trinajstić information content (AvgIpc) is 2.73. The van der Waals surface area contributed by atoms with Gasteiger partial charge in [0, 0.05) is 43.9 Å². The van der Waals surface area contributed by atoms with Crippen molar-refractivity contribution in [3.05, 3.63) is 34.6 Å². The molecule has 156 valence electrons. The van der Waals surface area contributed by atoms with Crippen LogP contribution in [0.3, 0.4) is 0 Å². The summed E-state index contributed by atoms with van der Waals surface area (Å²) in [6, 6.07) is 4.79. The van der Waals surface area contributed by atoms with Crippen molar-refractivity contribution in [1.82, 2.24) is 10.2 Å². The van der Waals surface area contributed by atoms with E-state index in [0.717, 1.165) is 44.9 Å². The molecule has 2 saturated heterocycles. The number of hydrogen-bond acceptors (Lipinski definition) is 3. The number of halogens is 2. The maximum Gasteiger partial charge on any atom is 0.193 e. The summed E-state index contributed by atoms with van der Waals surface area (Å²) in [5.41, 5.74) is 0.546. The first kappa shape index (κ1) is 21.3. The highest BCUT2D eigenvalue weighted by Crippen LogP contribution is 2.20. The van der Waals surface area contributed by atoms with Crippen molar-refractivity contribution in [3.8, 4) is 0 Å². The van der Waals surface area contributed by atoms with Crippen molar-refractivity contribution in [2.75, 3.05) is 39.9 Å². The van der Waals surface area contributed by atoms with Gasteiger partial charge >= 0.3 is 0 Å². The Bertz CT molecular complexity index is 624. The Hall–Kier alpha value is -1.37. The van der Waals surface area contributed by atoms with Gasteiger partial charge in [0.1, 0.15) is 5.82 Å². The van der Waals surface area contributed by atoms with Crippen molar-refractivity contribution in [1.29, 1.82) is 0 Å². The molecule has 7 heteroatoms. The molecule has 1 aromatic rings. The standard InChI is InChI=1S/C21H31ClFN3O2/c1-24-21(25-11-8-18-19(22)6-4-7-20(18)23)26-12-9-16(10-13-26)28-15-17-5-2-3-14-27-17/h4,6-7,16-17H,2-3,5,8-15H2,1H3,(H,24,25). The molecule has 3 rings (SSSR count). The lowest BCUT2D eigenvalue weighted by atomic mass is 10.1. The molecule has 2 fully saturated rings. The highest BCUT2D eigenvalue weighted by Gasteiger charge is 2.23. The van der Waals surface area contributed by atoms with Gasteiger partial charge in [-0.05, 0) is 50.7 Å². The molecule has 0 radical (unpaired) electrons. The van der Waals surface area contributed by atoms with Crippen LogP contribution in [0.2, 0.25) is 5.02 Å². The van der Waals surface area contributed by atoms with E-state index < -0.39 is 0 Å². The van der Waals surface area contributed by atoms with E-state index in [1.807, 2.05) is 0 Å². The molecular formula is C21H31ClFN3O2. The van der Waals surface area contributed by atoms with Crippen LogP contribution < -0.4 is 5.32 Å². The summed E-state index contributed by atoms with van der Waals surface area (Å²) in [5, 5.41) is 3.80. The largest absolute Gasteiger partial charge is 0.376 e. The summed E-state index contributed by atoms with van der Waals surface area (Å²) in [7, 11) is 1.78. The second-order valence-corrected chi connectivity index (χ2v) is 7.84. The number of piperidine rings is 1. The van der Waals surface area contributed by atoms with Crippen molar-refractivity contribution < 1.29 is 13.9 Å². The molecule has 1 N–H and O–H groups in total. The Labute approximate surface area is 172 Å². The lowest BCUT2D eigenvalue weighted by Crippen LogP contribution is -2.47. The van der Waals surface area contributed by atoms with Crippen LogP contribution in [0.5, 0.6) is 0 Å². The summed E-state index contributed by atoms with van der Waals surface area (Å²) >= 11 is 6.10. The molecule has 0 bridgehead atoms. The molecule has 28 heavy (non-hydrogen) atoms. The number of guanidine groups is 1. The molecule has 0 amide bonds. The second kappa shape index (κ2) is 11.0. The number of nitrogens with one attached hydrogen (secondary N) is 1. The molecule has 0 saturated carbocycles. The highest BCUT2D eigenvalue weighted by molar-refractivity contribution is 6.31. The van der Waals surface area contributed by atoms with Crippen LogP contribution in [0, 0.1) is 5.82 Å². The predicted molar refractivity (Wildman–Crippen MR) is 111 cm³/mol. The van der Waals surface area contributed by atoms with Crippen molar-refractivity contribution in [3.63, 3.8) is 0 Å². The van der Waals surface area contributed by atoms with Gasteiger partial charge in [-0.2, -0.15) is 0 Å². The van der Waals surface area contributed by atoms with Gasteiger partial charge in [0.25, 0.3) is 0 Å². The Morgan fingerprint density at radius 1 is 1.32 bits per heavy atom.